The molecular formula is C23H17ClF4N2O2. The van der Waals surface area contributed by atoms with Gasteiger partial charge in [0.05, 0.1) is 17.4 Å². The molecule has 0 aliphatic rings. The summed E-state index contributed by atoms with van der Waals surface area (Å²) < 4.78 is 61.7. The zero-order valence-corrected chi connectivity index (χ0v) is 17.5. The number of benzene rings is 3. The van der Waals surface area contributed by atoms with Crippen molar-refractivity contribution in [3.63, 3.8) is 0 Å². The van der Waals surface area contributed by atoms with Gasteiger partial charge in [0.1, 0.15) is 18.2 Å². The molecule has 0 saturated heterocycles. The third kappa shape index (κ3) is 4.03. The zero-order chi connectivity index (χ0) is 23.1. The highest BCUT2D eigenvalue weighted by Crippen LogP contribution is 2.40. The molecule has 32 heavy (non-hydrogen) atoms. The van der Waals surface area contributed by atoms with E-state index < -0.39 is 29.8 Å². The SMILES string of the molecule is Cc1ccc(OCC(O)(c2ccc3c(cnn3-c3ccc(F)cc3)c2)C(F)(F)F)cc1Cl. The van der Waals surface area contributed by atoms with Gasteiger partial charge in [-0.1, -0.05) is 23.7 Å². The molecule has 4 nitrogen and oxygen atoms in total. The van der Waals surface area contributed by atoms with Crippen molar-refractivity contribution in [2.24, 2.45) is 0 Å². The Labute approximate surface area is 185 Å². The van der Waals surface area contributed by atoms with Gasteiger partial charge in [0, 0.05) is 10.4 Å². The van der Waals surface area contributed by atoms with Crippen molar-refractivity contribution < 1.29 is 27.4 Å². The summed E-state index contributed by atoms with van der Waals surface area (Å²) in [6, 6.07) is 13.8. The smallest absolute Gasteiger partial charge is 0.424 e. The van der Waals surface area contributed by atoms with Crippen LogP contribution in [0, 0.1) is 12.7 Å². The summed E-state index contributed by atoms with van der Waals surface area (Å²) in [4.78, 5) is 0. The summed E-state index contributed by atoms with van der Waals surface area (Å²) in [5.74, 6) is -0.314. The first-order valence-corrected chi connectivity index (χ1v) is 9.88. The van der Waals surface area contributed by atoms with Crippen molar-refractivity contribution in [2.45, 2.75) is 18.7 Å². The molecule has 1 N–H and O–H groups in total. The molecule has 1 unspecified atom stereocenters. The second kappa shape index (κ2) is 8.11. The number of nitrogens with zero attached hydrogens (tertiary/aromatic N) is 2. The molecule has 4 aromatic rings. The average Bonchev–Trinajstić information content (AvgIpc) is 3.17. The lowest BCUT2D eigenvalue weighted by atomic mass is 9.93. The van der Waals surface area contributed by atoms with Crippen LogP contribution in [0.1, 0.15) is 11.1 Å². The van der Waals surface area contributed by atoms with Gasteiger partial charge in [0.25, 0.3) is 0 Å². The first kappa shape index (κ1) is 22.1. The zero-order valence-electron chi connectivity index (χ0n) is 16.7. The molecule has 0 amide bonds. The van der Waals surface area contributed by atoms with Gasteiger partial charge in [-0.05, 0) is 66.6 Å². The van der Waals surface area contributed by atoms with E-state index in [1.165, 1.54) is 65.5 Å². The van der Waals surface area contributed by atoms with Crippen LogP contribution in [0.4, 0.5) is 17.6 Å². The van der Waals surface area contributed by atoms with Gasteiger partial charge in [0.15, 0.2) is 0 Å². The Hall–Kier alpha value is -3.10. The first-order chi connectivity index (χ1) is 15.1. The Balaban J connectivity index is 1.69. The van der Waals surface area contributed by atoms with E-state index in [9.17, 15) is 22.7 Å². The van der Waals surface area contributed by atoms with E-state index in [4.69, 9.17) is 16.3 Å². The summed E-state index contributed by atoms with van der Waals surface area (Å²) in [5.41, 5.74) is -1.88. The van der Waals surface area contributed by atoms with Crippen LogP contribution in [0.2, 0.25) is 5.02 Å². The lowest BCUT2D eigenvalue weighted by Gasteiger charge is -2.31. The van der Waals surface area contributed by atoms with Gasteiger partial charge in [-0.3, -0.25) is 0 Å². The Morgan fingerprint density at radius 3 is 2.41 bits per heavy atom. The van der Waals surface area contributed by atoms with E-state index >= 15 is 0 Å². The number of hydrogen-bond donors (Lipinski definition) is 1. The number of rotatable bonds is 5. The molecule has 1 atom stereocenters. The molecule has 166 valence electrons. The second-order valence-electron chi connectivity index (χ2n) is 7.36. The molecule has 0 bridgehead atoms. The Morgan fingerprint density at radius 2 is 1.75 bits per heavy atom. The van der Waals surface area contributed by atoms with Crippen LogP contribution in [0.5, 0.6) is 5.75 Å². The number of aromatic nitrogens is 2. The maximum absolute atomic E-state index is 13.9. The number of alkyl halides is 3. The number of aliphatic hydroxyl groups is 1. The second-order valence-corrected chi connectivity index (χ2v) is 7.77. The highest BCUT2D eigenvalue weighted by atomic mass is 35.5. The van der Waals surface area contributed by atoms with E-state index in [2.05, 4.69) is 5.10 Å². The van der Waals surface area contributed by atoms with Crippen LogP contribution >= 0.6 is 11.6 Å². The number of fused-ring (bicyclic) bond motifs is 1. The first-order valence-electron chi connectivity index (χ1n) is 9.51. The van der Waals surface area contributed by atoms with Crippen molar-refractivity contribution in [1.29, 1.82) is 0 Å². The number of aryl methyl sites for hydroxylation is 1. The van der Waals surface area contributed by atoms with Crippen LogP contribution in [-0.2, 0) is 5.60 Å². The molecule has 3 aromatic carbocycles. The van der Waals surface area contributed by atoms with Crippen LogP contribution in [0.15, 0.2) is 66.9 Å². The van der Waals surface area contributed by atoms with Crippen molar-refractivity contribution >= 4 is 22.5 Å². The molecule has 0 spiro atoms. The lowest BCUT2D eigenvalue weighted by molar-refractivity contribution is -0.275. The molecule has 1 heterocycles. The van der Waals surface area contributed by atoms with Crippen molar-refractivity contribution in [2.75, 3.05) is 6.61 Å². The summed E-state index contributed by atoms with van der Waals surface area (Å²) >= 11 is 6.00. The van der Waals surface area contributed by atoms with Crippen molar-refractivity contribution in [1.82, 2.24) is 9.78 Å². The molecule has 0 aliphatic heterocycles. The van der Waals surface area contributed by atoms with Gasteiger partial charge in [-0.15, -0.1) is 0 Å². The molecule has 0 radical (unpaired) electrons. The minimum absolute atomic E-state index is 0.105. The monoisotopic (exact) mass is 464 g/mol. The van der Waals surface area contributed by atoms with Gasteiger partial charge >= 0.3 is 6.18 Å². The van der Waals surface area contributed by atoms with Gasteiger partial charge < -0.3 is 9.84 Å². The fraction of sp³-hybridized carbons (Fsp3) is 0.174. The van der Waals surface area contributed by atoms with E-state index in [0.717, 1.165) is 5.56 Å². The molecule has 0 fully saturated rings. The van der Waals surface area contributed by atoms with E-state index in [1.54, 1.807) is 13.0 Å². The molecule has 1 aromatic heterocycles. The van der Waals surface area contributed by atoms with Crippen LogP contribution in [-0.4, -0.2) is 27.7 Å². The molecule has 0 aliphatic carbocycles. The third-order valence-corrected chi connectivity index (χ3v) is 5.58. The highest BCUT2D eigenvalue weighted by molar-refractivity contribution is 6.31. The van der Waals surface area contributed by atoms with Crippen molar-refractivity contribution in [3.8, 4) is 11.4 Å². The van der Waals surface area contributed by atoms with E-state index in [0.29, 0.717) is 21.6 Å². The summed E-state index contributed by atoms with van der Waals surface area (Å²) in [7, 11) is 0. The Morgan fingerprint density at radius 1 is 1.03 bits per heavy atom. The molecule has 0 saturated carbocycles. The molecule has 9 heteroatoms. The average molecular weight is 465 g/mol. The van der Waals surface area contributed by atoms with Crippen molar-refractivity contribution in [3.05, 3.63) is 88.8 Å². The van der Waals surface area contributed by atoms with Crippen LogP contribution in [0.25, 0.3) is 16.6 Å². The Kier molecular flexibility index (Phi) is 5.60. The topological polar surface area (TPSA) is 47.3 Å². The quantitative estimate of drug-likeness (QED) is 0.371. The highest BCUT2D eigenvalue weighted by Gasteiger charge is 2.56. The minimum Gasteiger partial charge on any atom is -0.490 e. The predicted octanol–water partition coefficient (Wildman–Crippen LogP) is 5.96. The molecule has 4 rings (SSSR count). The standard InChI is InChI=1S/C23H17ClF4N2O2/c1-14-2-8-19(11-20(14)24)32-13-22(31,23(26,27)28)16-3-9-21-15(10-16)12-29-30(21)18-6-4-17(25)5-7-18/h2-12,31H,13H2,1H3. The third-order valence-electron chi connectivity index (χ3n) is 5.18. The minimum atomic E-state index is -5.01. The van der Waals surface area contributed by atoms with Crippen LogP contribution in [0.3, 0.4) is 0 Å². The van der Waals surface area contributed by atoms with E-state index in [1.807, 2.05) is 0 Å². The fourth-order valence-electron chi connectivity index (χ4n) is 3.26. The lowest BCUT2D eigenvalue weighted by Crippen LogP contribution is -2.47. The van der Waals surface area contributed by atoms with Gasteiger partial charge in [-0.25, -0.2) is 9.07 Å². The number of hydrogen-bond acceptors (Lipinski definition) is 3. The summed E-state index contributed by atoms with van der Waals surface area (Å²) in [5, 5.41) is 15.6. The van der Waals surface area contributed by atoms with Gasteiger partial charge in [-0.2, -0.15) is 18.3 Å². The predicted molar refractivity (Wildman–Crippen MR) is 113 cm³/mol. The summed E-state index contributed by atoms with van der Waals surface area (Å²) in [6.45, 7) is 0.687. The largest absolute Gasteiger partial charge is 0.490 e. The summed E-state index contributed by atoms with van der Waals surface area (Å²) in [6.07, 6.45) is -3.64. The van der Waals surface area contributed by atoms with Gasteiger partial charge in [0.2, 0.25) is 5.60 Å². The normalized spacial score (nSPS) is 13.8. The maximum Gasteiger partial charge on any atom is 0.424 e. The van der Waals surface area contributed by atoms with Crippen LogP contribution < -0.4 is 4.74 Å². The Bertz CT molecular complexity index is 1270. The molecular weight excluding hydrogens is 448 g/mol. The fourth-order valence-corrected chi connectivity index (χ4v) is 3.43. The number of ether oxygens (including phenoxy) is 1. The maximum atomic E-state index is 13.9. The number of halogens is 5. The van der Waals surface area contributed by atoms with E-state index in [-0.39, 0.29) is 5.75 Å².